The van der Waals surface area contributed by atoms with Crippen LogP contribution in [0.4, 0.5) is 0 Å². The second-order valence-corrected chi connectivity index (χ2v) is 6.45. The molecule has 0 radical (unpaired) electrons. The van der Waals surface area contributed by atoms with E-state index in [1.165, 1.54) is 0 Å². The van der Waals surface area contributed by atoms with Crippen LogP contribution in [0.15, 0.2) is 65.3 Å². The molecule has 0 aliphatic rings. The van der Waals surface area contributed by atoms with Gasteiger partial charge in [-0.15, -0.1) is 5.10 Å². The third-order valence-electron chi connectivity index (χ3n) is 3.68. The zero-order valence-electron chi connectivity index (χ0n) is 13.2. The third kappa shape index (κ3) is 4.08. The normalized spacial score (nSPS) is 11.9. The van der Waals surface area contributed by atoms with Crippen LogP contribution in [0.5, 0.6) is 0 Å². The van der Waals surface area contributed by atoms with Crippen molar-refractivity contribution in [3.05, 3.63) is 82.1 Å². The number of hydrogen-bond donors (Lipinski definition) is 1. The van der Waals surface area contributed by atoms with E-state index in [1.807, 2.05) is 61.5 Å². The number of benzene rings is 2. The fraction of sp³-hybridized carbons (Fsp3) is 0.167. The fourth-order valence-electron chi connectivity index (χ4n) is 2.36. The van der Waals surface area contributed by atoms with Gasteiger partial charge in [0.1, 0.15) is 0 Å². The monoisotopic (exact) mass is 384 g/mol. The molecule has 3 rings (SSSR count). The van der Waals surface area contributed by atoms with Crippen LogP contribution in [0.25, 0.3) is 0 Å². The van der Waals surface area contributed by atoms with Gasteiger partial charge < -0.3 is 5.32 Å². The second-order valence-electron chi connectivity index (χ2n) is 5.53. The molecule has 122 valence electrons. The van der Waals surface area contributed by atoms with E-state index in [0.717, 1.165) is 15.6 Å². The number of halogens is 1. The van der Waals surface area contributed by atoms with E-state index >= 15 is 0 Å². The molecule has 24 heavy (non-hydrogen) atoms. The van der Waals surface area contributed by atoms with Crippen LogP contribution in [-0.4, -0.2) is 20.9 Å². The van der Waals surface area contributed by atoms with Gasteiger partial charge in [-0.3, -0.25) is 4.79 Å². The van der Waals surface area contributed by atoms with E-state index in [4.69, 9.17) is 0 Å². The predicted molar refractivity (Wildman–Crippen MR) is 95.6 cm³/mol. The number of nitrogens with one attached hydrogen (secondary N) is 1. The van der Waals surface area contributed by atoms with Crippen LogP contribution in [0.1, 0.15) is 34.6 Å². The van der Waals surface area contributed by atoms with Gasteiger partial charge in [0.05, 0.1) is 18.8 Å². The molecule has 0 aliphatic carbocycles. The standard InChI is InChI=1S/C18H17BrN4O/c1-13(15-7-9-16(19)10-8-15)20-18(24)17-12-23(22-21-17)11-14-5-3-2-4-6-14/h2-10,12-13H,11H2,1H3,(H,20,24). The molecule has 1 N–H and O–H groups in total. The Morgan fingerprint density at radius 2 is 1.88 bits per heavy atom. The van der Waals surface area contributed by atoms with Crippen molar-refractivity contribution in [2.45, 2.75) is 19.5 Å². The van der Waals surface area contributed by atoms with Gasteiger partial charge in [0.2, 0.25) is 0 Å². The number of aromatic nitrogens is 3. The Balaban J connectivity index is 1.64. The van der Waals surface area contributed by atoms with Gasteiger partial charge in [0.15, 0.2) is 5.69 Å². The molecule has 1 unspecified atom stereocenters. The number of hydrogen-bond acceptors (Lipinski definition) is 3. The molecule has 0 aliphatic heterocycles. The van der Waals surface area contributed by atoms with Gasteiger partial charge in [-0.2, -0.15) is 0 Å². The van der Waals surface area contributed by atoms with Crippen LogP contribution in [0, 0.1) is 0 Å². The highest BCUT2D eigenvalue weighted by atomic mass is 79.9. The zero-order valence-corrected chi connectivity index (χ0v) is 14.8. The molecule has 0 saturated carbocycles. The van der Waals surface area contributed by atoms with E-state index < -0.39 is 0 Å². The lowest BCUT2D eigenvalue weighted by Crippen LogP contribution is -2.26. The third-order valence-corrected chi connectivity index (χ3v) is 4.20. The Bertz CT molecular complexity index is 815. The van der Waals surface area contributed by atoms with E-state index in [-0.39, 0.29) is 11.9 Å². The predicted octanol–water partition coefficient (Wildman–Crippen LogP) is 3.58. The molecule has 5 nitrogen and oxygen atoms in total. The quantitative estimate of drug-likeness (QED) is 0.731. The molecule has 0 bridgehead atoms. The van der Waals surface area contributed by atoms with E-state index in [1.54, 1.807) is 10.9 Å². The first-order valence-electron chi connectivity index (χ1n) is 7.62. The topological polar surface area (TPSA) is 59.8 Å². The van der Waals surface area contributed by atoms with Gasteiger partial charge in [-0.25, -0.2) is 4.68 Å². The zero-order chi connectivity index (χ0) is 16.9. The molecule has 1 amide bonds. The lowest BCUT2D eigenvalue weighted by atomic mass is 10.1. The van der Waals surface area contributed by atoms with Crippen LogP contribution < -0.4 is 5.32 Å². The van der Waals surface area contributed by atoms with E-state index in [0.29, 0.717) is 12.2 Å². The summed E-state index contributed by atoms with van der Waals surface area (Å²) in [5, 5.41) is 10.9. The maximum Gasteiger partial charge on any atom is 0.273 e. The highest BCUT2D eigenvalue weighted by molar-refractivity contribution is 9.10. The van der Waals surface area contributed by atoms with Gasteiger partial charge in [0, 0.05) is 4.47 Å². The summed E-state index contributed by atoms with van der Waals surface area (Å²) in [4.78, 5) is 12.3. The smallest absolute Gasteiger partial charge is 0.273 e. The summed E-state index contributed by atoms with van der Waals surface area (Å²) in [5.41, 5.74) is 2.45. The fourth-order valence-corrected chi connectivity index (χ4v) is 2.62. The van der Waals surface area contributed by atoms with Crippen molar-refractivity contribution >= 4 is 21.8 Å². The first-order valence-corrected chi connectivity index (χ1v) is 8.41. The van der Waals surface area contributed by atoms with Crippen molar-refractivity contribution < 1.29 is 4.79 Å². The highest BCUT2D eigenvalue weighted by Crippen LogP contribution is 2.16. The van der Waals surface area contributed by atoms with Crippen molar-refractivity contribution in [3.8, 4) is 0 Å². The van der Waals surface area contributed by atoms with Gasteiger partial charge in [-0.1, -0.05) is 63.6 Å². The Labute approximate surface area is 148 Å². The molecule has 6 heteroatoms. The molecule has 1 heterocycles. The van der Waals surface area contributed by atoms with Crippen molar-refractivity contribution in [1.29, 1.82) is 0 Å². The van der Waals surface area contributed by atoms with Crippen molar-refractivity contribution in [1.82, 2.24) is 20.3 Å². The number of nitrogens with zero attached hydrogens (tertiary/aromatic N) is 3. The Morgan fingerprint density at radius 1 is 1.17 bits per heavy atom. The van der Waals surface area contributed by atoms with Crippen molar-refractivity contribution in [2.75, 3.05) is 0 Å². The molecular formula is C18H17BrN4O. The summed E-state index contributed by atoms with van der Waals surface area (Å²) in [6, 6.07) is 17.7. The molecule has 0 fully saturated rings. The van der Waals surface area contributed by atoms with Gasteiger partial charge in [-0.05, 0) is 30.2 Å². The minimum atomic E-state index is -0.232. The van der Waals surface area contributed by atoms with Crippen LogP contribution in [0.3, 0.4) is 0 Å². The number of carbonyl (C=O) groups excluding carboxylic acids is 1. The highest BCUT2D eigenvalue weighted by Gasteiger charge is 2.14. The molecular weight excluding hydrogens is 368 g/mol. The summed E-state index contributed by atoms with van der Waals surface area (Å²) in [6.45, 7) is 2.53. The van der Waals surface area contributed by atoms with Crippen LogP contribution >= 0.6 is 15.9 Å². The van der Waals surface area contributed by atoms with Gasteiger partial charge >= 0.3 is 0 Å². The second kappa shape index (κ2) is 7.40. The number of amides is 1. The number of carbonyl (C=O) groups is 1. The average molecular weight is 385 g/mol. The Morgan fingerprint density at radius 3 is 2.58 bits per heavy atom. The summed E-state index contributed by atoms with van der Waals surface area (Å²) in [5.74, 6) is -0.232. The summed E-state index contributed by atoms with van der Waals surface area (Å²) in [7, 11) is 0. The molecule has 2 aromatic carbocycles. The Hall–Kier alpha value is -2.47. The average Bonchev–Trinajstić information content (AvgIpc) is 3.05. The first kappa shape index (κ1) is 16.4. The van der Waals surface area contributed by atoms with Crippen LogP contribution in [-0.2, 0) is 6.54 Å². The van der Waals surface area contributed by atoms with Gasteiger partial charge in [0.25, 0.3) is 5.91 Å². The number of rotatable bonds is 5. The SMILES string of the molecule is CC(NC(=O)c1cn(Cc2ccccc2)nn1)c1ccc(Br)cc1. The Kier molecular flexibility index (Phi) is 5.05. The van der Waals surface area contributed by atoms with Crippen molar-refractivity contribution in [2.24, 2.45) is 0 Å². The van der Waals surface area contributed by atoms with E-state index in [2.05, 4.69) is 31.6 Å². The lowest BCUT2D eigenvalue weighted by molar-refractivity contribution is 0.0934. The maximum absolute atomic E-state index is 12.3. The first-order chi connectivity index (χ1) is 11.6. The lowest BCUT2D eigenvalue weighted by Gasteiger charge is -2.13. The minimum Gasteiger partial charge on any atom is -0.344 e. The summed E-state index contributed by atoms with van der Waals surface area (Å²) >= 11 is 3.40. The molecule has 1 aromatic heterocycles. The summed E-state index contributed by atoms with van der Waals surface area (Å²) < 4.78 is 2.67. The van der Waals surface area contributed by atoms with Crippen molar-refractivity contribution in [3.63, 3.8) is 0 Å². The molecule has 1 atom stereocenters. The molecule has 3 aromatic rings. The van der Waals surface area contributed by atoms with Crippen LogP contribution in [0.2, 0.25) is 0 Å². The molecule has 0 spiro atoms. The summed E-state index contributed by atoms with van der Waals surface area (Å²) in [6.07, 6.45) is 1.66. The minimum absolute atomic E-state index is 0.107. The largest absolute Gasteiger partial charge is 0.344 e. The maximum atomic E-state index is 12.3. The molecule has 0 saturated heterocycles. The van der Waals surface area contributed by atoms with E-state index in [9.17, 15) is 4.79 Å².